The summed E-state index contributed by atoms with van der Waals surface area (Å²) in [5.41, 5.74) is -0.398. The van der Waals surface area contributed by atoms with Gasteiger partial charge in [0.1, 0.15) is 11.7 Å². The van der Waals surface area contributed by atoms with Crippen LogP contribution in [0.25, 0.3) is 0 Å². The van der Waals surface area contributed by atoms with Gasteiger partial charge in [0.15, 0.2) is 11.6 Å². The predicted octanol–water partition coefficient (Wildman–Crippen LogP) is 3.16. The molecule has 0 radical (unpaired) electrons. The van der Waals surface area contributed by atoms with Crippen molar-refractivity contribution in [3.63, 3.8) is 0 Å². The molecule has 1 aromatic carbocycles. The first-order valence-electron chi connectivity index (χ1n) is 5.52. The molecule has 0 bridgehead atoms. The summed E-state index contributed by atoms with van der Waals surface area (Å²) in [4.78, 5) is 17.1. The molecule has 7 heteroatoms. The molecule has 1 aliphatic rings. The Balaban J connectivity index is 2.22. The molecule has 0 fully saturated rings. The molecule has 2 heterocycles. The Kier molecular flexibility index (Phi) is 2.67. The van der Waals surface area contributed by atoms with Crippen molar-refractivity contribution in [2.24, 2.45) is 0 Å². The Bertz CT molecular complexity index is 662. The molecule has 0 saturated carbocycles. The van der Waals surface area contributed by atoms with E-state index in [0.29, 0.717) is 0 Å². The van der Waals surface area contributed by atoms with Crippen LogP contribution >= 0.6 is 15.9 Å². The molecule has 19 heavy (non-hydrogen) atoms. The van der Waals surface area contributed by atoms with Crippen molar-refractivity contribution in [3.05, 3.63) is 40.6 Å². The van der Waals surface area contributed by atoms with Crippen molar-refractivity contribution in [2.75, 3.05) is 4.90 Å². The van der Waals surface area contributed by atoms with E-state index in [2.05, 4.69) is 20.9 Å². The van der Waals surface area contributed by atoms with Crippen molar-refractivity contribution < 1.29 is 13.6 Å². The van der Waals surface area contributed by atoms with E-state index in [1.807, 2.05) is 0 Å². The maximum Gasteiger partial charge on any atom is 0.256 e. The zero-order valence-corrected chi connectivity index (χ0v) is 11.4. The third-order valence-corrected chi connectivity index (χ3v) is 3.51. The van der Waals surface area contributed by atoms with Crippen LogP contribution in [-0.2, 0) is 4.79 Å². The van der Waals surface area contributed by atoms with Crippen molar-refractivity contribution in [2.45, 2.75) is 13.0 Å². The molecule has 1 aromatic heterocycles. The lowest BCUT2D eigenvalue weighted by Gasteiger charge is -2.16. The Labute approximate surface area is 115 Å². The number of halogens is 3. The molecule has 2 aromatic rings. The lowest BCUT2D eigenvalue weighted by molar-refractivity contribution is -0.119. The molecule has 1 atom stereocenters. The van der Waals surface area contributed by atoms with Crippen LogP contribution in [0.1, 0.15) is 13.0 Å². The van der Waals surface area contributed by atoms with Gasteiger partial charge in [-0.3, -0.25) is 4.79 Å². The summed E-state index contributed by atoms with van der Waals surface area (Å²) in [7, 11) is 0. The topological polar surface area (TPSA) is 38.1 Å². The fraction of sp³-hybridized carbons (Fsp3) is 0.167. The summed E-state index contributed by atoms with van der Waals surface area (Å²) in [6, 6.07) is 1.70. The van der Waals surface area contributed by atoms with Crippen LogP contribution in [0.15, 0.2) is 29.0 Å². The van der Waals surface area contributed by atoms with Crippen molar-refractivity contribution in [1.82, 2.24) is 9.55 Å². The van der Waals surface area contributed by atoms with Crippen LogP contribution in [0.3, 0.4) is 0 Å². The van der Waals surface area contributed by atoms with Crippen LogP contribution in [0.4, 0.5) is 20.4 Å². The highest BCUT2D eigenvalue weighted by atomic mass is 79.9. The lowest BCUT2D eigenvalue weighted by atomic mass is 10.2. The zero-order chi connectivity index (χ0) is 13.7. The Hall–Kier alpha value is -1.76. The van der Waals surface area contributed by atoms with Crippen LogP contribution in [-0.4, -0.2) is 15.5 Å². The van der Waals surface area contributed by atoms with E-state index in [0.717, 1.165) is 17.0 Å². The van der Waals surface area contributed by atoms with Crippen molar-refractivity contribution in [3.8, 4) is 0 Å². The monoisotopic (exact) mass is 327 g/mol. The van der Waals surface area contributed by atoms with Crippen molar-refractivity contribution in [1.29, 1.82) is 0 Å². The first-order valence-corrected chi connectivity index (χ1v) is 6.31. The minimum atomic E-state index is -0.816. The second kappa shape index (κ2) is 4.12. The predicted molar refractivity (Wildman–Crippen MR) is 68.1 cm³/mol. The van der Waals surface area contributed by atoms with Gasteiger partial charge < -0.3 is 4.57 Å². The third-order valence-electron chi connectivity index (χ3n) is 3.05. The molecular weight excluding hydrogens is 320 g/mol. The van der Waals surface area contributed by atoms with Crippen molar-refractivity contribution >= 4 is 33.5 Å². The Morgan fingerprint density at radius 3 is 2.58 bits per heavy atom. The molecule has 0 aliphatic carbocycles. The van der Waals surface area contributed by atoms with Gasteiger partial charge >= 0.3 is 0 Å². The first kappa shape index (κ1) is 12.3. The van der Waals surface area contributed by atoms with E-state index in [-0.39, 0.29) is 10.4 Å². The number of benzene rings is 1. The van der Waals surface area contributed by atoms with Crippen LogP contribution in [0.2, 0.25) is 0 Å². The Morgan fingerprint density at radius 2 is 1.95 bits per heavy atom. The zero-order valence-electron chi connectivity index (χ0n) is 9.77. The van der Waals surface area contributed by atoms with Gasteiger partial charge in [0.2, 0.25) is 5.95 Å². The normalized spacial score (nSPS) is 18.0. The number of amides is 1. The van der Waals surface area contributed by atoms with Crippen LogP contribution < -0.4 is 4.90 Å². The number of anilines is 2. The number of imidazole rings is 1. The van der Waals surface area contributed by atoms with Gasteiger partial charge in [-0.1, -0.05) is 15.9 Å². The molecule has 1 aliphatic heterocycles. The molecule has 98 valence electrons. The summed E-state index contributed by atoms with van der Waals surface area (Å²) >= 11 is 3.00. The summed E-state index contributed by atoms with van der Waals surface area (Å²) < 4.78 is 29.8. The molecule has 0 spiro atoms. The van der Waals surface area contributed by atoms with Gasteiger partial charge in [-0.25, -0.2) is 18.7 Å². The highest BCUT2D eigenvalue weighted by Gasteiger charge is 2.38. The lowest BCUT2D eigenvalue weighted by Crippen LogP contribution is -2.25. The minimum Gasteiger partial charge on any atom is -0.304 e. The van der Waals surface area contributed by atoms with E-state index in [9.17, 15) is 13.6 Å². The fourth-order valence-corrected chi connectivity index (χ4v) is 2.55. The highest BCUT2D eigenvalue weighted by molar-refractivity contribution is 9.10. The summed E-state index contributed by atoms with van der Waals surface area (Å²) in [5, 5.41) is 0. The van der Waals surface area contributed by atoms with E-state index in [1.165, 1.54) is 6.20 Å². The van der Waals surface area contributed by atoms with Gasteiger partial charge in [0.25, 0.3) is 5.91 Å². The number of nitrogens with zero attached hydrogens (tertiary/aromatic N) is 3. The standard InChI is InChI=1S/C12H8BrF2N3O/c1-6-11(19)18(12-16-2-3-17(6)12)10-8(14)4-7(13)5-9(10)15/h2-6H,1H3. The molecular formula is C12H8BrF2N3O. The largest absolute Gasteiger partial charge is 0.304 e. The van der Waals surface area contributed by atoms with E-state index in [4.69, 9.17) is 0 Å². The van der Waals surface area contributed by atoms with Crippen LogP contribution in [0, 0.1) is 11.6 Å². The number of aromatic nitrogens is 2. The van der Waals surface area contributed by atoms with E-state index < -0.39 is 29.3 Å². The van der Waals surface area contributed by atoms with E-state index >= 15 is 0 Å². The number of hydrogen-bond donors (Lipinski definition) is 0. The molecule has 1 unspecified atom stereocenters. The molecule has 0 N–H and O–H groups in total. The van der Waals surface area contributed by atoms with Gasteiger partial charge in [-0.15, -0.1) is 0 Å². The number of hydrogen-bond acceptors (Lipinski definition) is 2. The van der Waals surface area contributed by atoms with Gasteiger partial charge in [0, 0.05) is 16.9 Å². The average molecular weight is 328 g/mol. The molecule has 3 rings (SSSR count). The highest BCUT2D eigenvalue weighted by Crippen LogP contribution is 2.38. The fourth-order valence-electron chi connectivity index (χ4n) is 2.14. The number of rotatable bonds is 1. The third kappa shape index (κ3) is 1.68. The number of carbonyl (C=O) groups is 1. The van der Waals surface area contributed by atoms with Crippen LogP contribution in [0.5, 0.6) is 0 Å². The van der Waals surface area contributed by atoms with Gasteiger partial charge in [0.05, 0.1) is 0 Å². The maximum atomic E-state index is 14.0. The summed E-state index contributed by atoms with van der Waals surface area (Å²) in [5.74, 6) is -1.83. The SMILES string of the molecule is CC1C(=O)N(c2c(F)cc(Br)cc2F)c2nccn21. The number of fused-ring (bicyclic) bond motifs is 1. The summed E-state index contributed by atoms with van der Waals surface area (Å²) in [6.45, 7) is 1.65. The first-order chi connectivity index (χ1) is 9.00. The smallest absolute Gasteiger partial charge is 0.256 e. The average Bonchev–Trinajstić information content (AvgIpc) is 2.87. The number of carbonyl (C=O) groups excluding carboxylic acids is 1. The molecule has 0 saturated heterocycles. The summed E-state index contributed by atoms with van der Waals surface area (Å²) in [6.07, 6.45) is 3.09. The minimum absolute atomic E-state index is 0.220. The second-order valence-corrected chi connectivity index (χ2v) is 5.12. The quantitative estimate of drug-likeness (QED) is 0.806. The molecule has 1 amide bonds. The van der Waals surface area contributed by atoms with E-state index in [1.54, 1.807) is 17.7 Å². The Morgan fingerprint density at radius 1 is 1.32 bits per heavy atom. The maximum absolute atomic E-state index is 14.0. The van der Waals surface area contributed by atoms with Gasteiger partial charge in [-0.2, -0.15) is 0 Å². The van der Waals surface area contributed by atoms with Gasteiger partial charge in [-0.05, 0) is 19.1 Å². The molecule has 4 nitrogen and oxygen atoms in total. The second-order valence-electron chi connectivity index (χ2n) is 4.20.